The first-order valence-corrected chi connectivity index (χ1v) is 6.51. The van der Waals surface area contributed by atoms with Crippen LogP contribution in [0.1, 0.15) is 38.5 Å². The molecule has 0 aromatic carbocycles. The number of carbonyl (C=O) groups excluding carboxylic acids is 2. The Morgan fingerprint density at radius 1 is 1.50 bits per heavy atom. The summed E-state index contributed by atoms with van der Waals surface area (Å²) >= 11 is 0. The Bertz CT molecular complexity index is 248. The molecule has 0 spiro atoms. The van der Waals surface area contributed by atoms with Crippen molar-refractivity contribution in [1.29, 1.82) is 0 Å². The molecule has 0 unspecified atom stereocenters. The molecular formula is C13H22O5. The van der Waals surface area contributed by atoms with Crippen LogP contribution in [0.4, 0.5) is 0 Å². The fourth-order valence-electron chi connectivity index (χ4n) is 1.87. The van der Waals surface area contributed by atoms with Crippen molar-refractivity contribution in [3.05, 3.63) is 0 Å². The summed E-state index contributed by atoms with van der Waals surface area (Å²) in [5.41, 5.74) is 0. The first-order valence-electron chi connectivity index (χ1n) is 6.51. The van der Waals surface area contributed by atoms with Crippen molar-refractivity contribution in [2.75, 3.05) is 20.3 Å². The number of ether oxygens (including phenoxy) is 3. The molecule has 5 heteroatoms. The second-order valence-corrected chi connectivity index (χ2v) is 4.49. The van der Waals surface area contributed by atoms with Crippen LogP contribution in [0.25, 0.3) is 0 Å². The Balaban J connectivity index is 2.12. The van der Waals surface area contributed by atoms with E-state index in [0.29, 0.717) is 25.9 Å². The molecule has 104 valence electrons. The van der Waals surface area contributed by atoms with E-state index in [2.05, 4.69) is 4.74 Å². The monoisotopic (exact) mass is 258 g/mol. The fraction of sp³-hybridized carbons (Fsp3) is 0.846. The minimum absolute atomic E-state index is 0.165. The minimum atomic E-state index is -0.240. The fourth-order valence-corrected chi connectivity index (χ4v) is 1.87. The van der Waals surface area contributed by atoms with E-state index in [9.17, 15) is 9.59 Å². The summed E-state index contributed by atoms with van der Waals surface area (Å²) in [5.74, 6) is -0.406. The van der Waals surface area contributed by atoms with E-state index in [4.69, 9.17) is 9.47 Å². The van der Waals surface area contributed by atoms with Gasteiger partial charge < -0.3 is 19.0 Å². The summed E-state index contributed by atoms with van der Waals surface area (Å²) in [6, 6.07) is 0. The van der Waals surface area contributed by atoms with Gasteiger partial charge in [0.05, 0.1) is 13.7 Å². The van der Waals surface area contributed by atoms with Gasteiger partial charge in [0.25, 0.3) is 0 Å². The summed E-state index contributed by atoms with van der Waals surface area (Å²) < 4.78 is 15.5. The summed E-state index contributed by atoms with van der Waals surface area (Å²) in [6.45, 7) is 1.11. The zero-order valence-corrected chi connectivity index (χ0v) is 10.9. The maximum absolute atomic E-state index is 10.9. The van der Waals surface area contributed by atoms with Crippen LogP contribution in [0, 0.1) is 5.92 Å². The van der Waals surface area contributed by atoms with Crippen LogP contribution >= 0.6 is 0 Å². The van der Waals surface area contributed by atoms with Crippen LogP contribution in [-0.4, -0.2) is 38.9 Å². The van der Waals surface area contributed by atoms with Crippen LogP contribution in [0.5, 0.6) is 0 Å². The van der Waals surface area contributed by atoms with Crippen molar-refractivity contribution >= 4 is 12.3 Å². The molecule has 1 aliphatic heterocycles. The van der Waals surface area contributed by atoms with Gasteiger partial charge in [-0.15, -0.1) is 0 Å². The normalized spacial score (nSPS) is 21.3. The largest absolute Gasteiger partial charge is 0.469 e. The van der Waals surface area contributed by atoms with Crippen molar-refractivity contribution in [1.82, 2.24) is 0 Å². The van der Waals surface area contributed by atoms with Gasteiger partial charge in [0, 0.05) is 18.9 Å². The maximum Gasteiger partial charge on any atom is 0.305 e. The Labute approximate surface area is 108 Å². The first kappa shape index (κ1) is 15.1. The van der Waals surface area contributed by atoms with Gasteiger partial charge in [-0.2, -0.15) is 0 Å². The van der Waals surface area contributed by atoms with Crippen LogP contribution in [-0.2, 0) is 23.8 Å². The first-order chi connectivity index (χ1) is 8.76. The predicted molar refractivity (Wildman–Crippen MR) is 65.0 cm³/mol. The third-order valence-corrected chi connectivity index (χ3v) is 3.01. The van der Waals surface area contributed by atoms with Gasteiger partial charge >= 0.3 is 5.97 Å². The molecule has 1 heterocycles. The van der Waals surface area contributed by atoms with Gasteiger partial charge in [-0.05, 0) is 32.1 Å². The van der Waals surface area contributed by atoms with Crippen molar-refractivity contribution in [2.24, 2.45) is 5.92 Å². The smallest absolute Gasteiger partial charge is 0.305 e. The lowest BCUT2D eigenvalue weighted by molar-refractivity contribution is -0.169. The zero-order valence-electron chi connectivity index (χ0n) is 10.9. The Hall–Kier alpha value is -0.940. The molecule has 5 nitrogen and oxygen atoms in total. The molecule has 0 saturated carbocycles. The zero-order chi connectivity index (χ0) is 13.2. The number of rotatable bonds is 8. The summed E-state index contributed by atoms with van der Waals surface area (Å²) in [7, 11) is 1.36. The molecule has 0 N–H and O–H groups in total. The highest BCUT2D eigenvalue weighted by Gasteiger charge is 2.17. The summed E-state index contributed by atoms with van der Waals surface area (Å²) in [4.78, 5) is 21.8. The molecule has 1 fully saturated rings. The lowest BCUT2D eigenvalue weighted by atomic mass is 10.0. The lowest BCUT2D eigenvalue weighted by Gasteiger charge is -2.23. The average molecular weight is 258 g/mol. The number of hydrogen-bond donors (Lipinski definition) is 0. The third kappa shape index (κ3) is 6.12. The second-order valence-electron chi connectivity index (χ2n) is 4.49. The van der Waals surface area contributed by atoms with Gasteiger partial charge in [-0.3, -0.25) is 4.79 Å². The van der Waals surface area contributed by atoms with E-state index in [1.54, 1.807) is 0 Å². The molecule has 18 heavy (non-hydrogen) atoms. The van der Waals surface area contributed by atoms with Crippen LogP contribution in [0.3, 0.4) is 0 Å². The Morgan fingerprint density at radius 3 is 2.94 bits per heavy atom. The number of methoxy groups -OCH3 is 1. The van der Waals surface area contributed by atoms with Gasteiger partial charge in [0.15, 0.2) is 6.29 Å². The molecule has 1 rings (SSSR count). The van der Waals surface area contributed by atoms with Gasteiger partial charge in [-0.25, -0.2) is 0 Å². The lowest BCUT2D eigenvalue weighted by Crippen LogP contribution is -2.25. The van der Waals surface area contributed by atoms with E-state index >= 15 is 0 Å². The molecular weight excluding hydrogens is 236 g/mol. The molecule has 0 aromatic rings. The second kappa shape index (κ2) is 9.05. The van der Waals surface area contributed by atoms with Crippen molar-refractivity contribution in [2.45, 2.75) is 44.8 Å². The molecule has 0 aromatic heterocycles. The SMILES string of the molecule is COC(=O)CCC[C@@H](C=O)CO[C@H]1CCCCO1. The van der Waals surface area contributed by atoms with E-state index < -0.39 is 0 Å². The molecule has 1 saturated heterocycles. The van der Waals surface area contributed by atoms with E-state index in [-0.39, 0.29) is 18.2 Å². The topological polar surface area (TPSA) is 61.8 Å². The molecule has 2 atom stereocenters. The van der Waals surface area contributed by atoms with Crippen LogP contribution in [0.15, 0.2) is 0 Å². The molecule has 0 bridgehead atoms. The number of hydrogen-bond acceptors (Lipinski definition) is 5. The third-order valence-electron chi connectivity index (χ3n) is 3.01. The highest BCUT2D eigenvalue weighted by atomic mass is 16.7. The highest BCUT2D eigenvalue weighted by Crippen LogP contribution is 2.16. The van der Waals surface area contributed by atoms with E-state index in [1.807, 2.05) is 0 Å². The molecule has 0 radical (unpaired) electrons. The molecule has 0 aliphatic carbocycles. The number of aldehydes is 1. The van der Waals surface area contributed by atoms with E-state index in [0.717, 1.165) is 32.2 Å². The quantitative estimate of drug-likeness (QED) is 0.489. The maximum atomic E-state index is 10.9. The van der Waals surface area contributed by atoms with Crippen molar-refractivity contribution in [3.63, 3.8) is 0 Å². The van der Waals surface area contributed by atoms with Crippen LogP contribution < -0.4 is 0 Å². The van der Waals surface area contributed by atoms with Crippen molar-refractivity contribution in [3.8, 4) is 0 Å². The molecule has 0 amide bonds. The predicted octanol–water partition coefficient (Wildman–Crippen LogP) is 1.69. The van der Waals surface area contributed by atoms with Crippen molar-refractivity contribution < 1.29 is 23.8 Å². The van der Waals surface area contributed by atoms with Gasteiger partial charge in [0.1, 0.15) is 6.29 Å². The average Bonchev–Trinajstić information content (AvgIpc) is 2.43. The number of esters is 1. The molecule has 1 aliphatic rings. The highest BCUT2D eigenvalue weighted by molar-refractivity contribution is 5.69. The number of carbonyl (C=O) groups is 2. The van der Waals surface area contributed by atoms with Crippen LogP contribution in [0.2, 0.25) is 0 Å². The Kier molecular flexibility index (Phi) is 7.60. The Morgan fingerprint density at radius 2 is 2.33 bits per heavy atom. The van der Waals surface area contributed by atoms with Gasteiger partial charge in [-0.1, -0.05) is 0 Å². The standard InChI is InChI=1S/C13H22O5/c1-16-12(15)6-4-5-11(9-14)10-18-13-7-2-3-8-17-13/h9,11,13H,2-8,10H2,1H3/t11-,13-/m0/s1. The van der Waals surface area contributed by atoms with Gasteiger partial charge in [0.2, 0.25) is 0 Å². The van der Waals surface area contributed by atoms with E-state index in [1.165, 1.54) is 7.11 Å². The minimum Gasteiger partial charge on any atom is -0.469 e. The summed E-state index contributed by atoms with van der Waals surface area (Å²) in [5, 5.41) is 0. The summed E-state index contributed by atoms with van der Waals surface area (Å²) in [6.07, 6.45) is 5.45.